The monoisotopic (exact) mass is 331 g/mol. The first-order chi connectivity index (χ1) is 10.5. The molecule has 0 bridgehead atoms. The quantitative estimate of drug-likeness (QED) is 0.699. The number of rotatable bonds is 9. The second-order valence-electron chi connectivity index (χ2n) is 4.76. The molecule has 1 rings (SSSR count). The topological polar surface area (TPSA) is 64.6 Å². The third-order valence-corrected chi connectivity index (χ3v) is 4.73. The number of methoxy groups -OCH3 is 2. The highest BCUT2D eigenvalue weighted by molar-refractivity contribution is 7.85. The van der Waals surface area contributed by atoms with E-state index in [0.29, 0.717) is 30.9 Å². The highest BCUT2D eigenvalue weighted by Gasteiger charge is 2.21. The second kappa shape index (κ2) is 9.53. The molecule has 22 heavy (non-hydrogen) atoms. The molecule has 0 aliphatic carbocycles. The summed E-state index contributed by atoms with van der Waals surface area (Å²) in [4.78, 5) is 11.9. The van der Waals surface area contributed by atoms with Gasteiger partial charge in [0.25, 0.3) is 0 Å². The zero-order chi connectivity index (χ0) is 16.5. The maximum Gasteiger partial charge on any atom is 0.235 e. The molecule has 0 fully saturated rings. The smallest absolute Gasteiger partial charge is 0.235 e. The van der Waals surface area contributed by atoms with Crippen molar-refractivity contribution in [3.05, 3.63) is 29.6 Å². The third kappa shape index (κ3) is 5.73. The molecule has 2 unspecified atom stereocenters. The Balaban J connectivity index is 2.60. The highest BCUT2D eigenvalue weighted by Crippen LogP contribution is 2.21. The van der Waals surface area contributed by atoms with Gasteiger partial charge in [-0.2, -0.15) is 0 Å². The Kier molecular flexibility index (Phi) is 8.05. The van der Waals surface area contributed by atoms with E-state index in [0.717, 1.165) is 0 Å². The van der Waals surface area contributed by atoms with Gasteiger partial charge in [0.15, 0.2) is 0 Å². The van der Waals surface area contributed by atoms with E-state index in [1.54, 1.807) is 14.0 Å². The molecular formula is C15H22FNO4S. The van der Waals surface area contributed by atoms with Crippen LogP contribution in [0.2, 0.25) is 0 Å². The van der Waals surface area contributed by atoms with Crippen LogP contribution in [0.4, 0.5) is 4.39 Å². The van der Waals surface area contributed by atoms with E-state index in [1.807, 2.05) is 0 Å². The van der Waals surface area contributed by atoms with Crippen molar-refractivity contribution in [1.82, 2.24) is 5.32 Å². The van der Waals surface area contributed by atoms with Gasteiger partial charge in [-0.05, 0) is 31.5 Å². The van der Waals surface area contributed by atoms with Crippen LogP contribution < -0.4 is 10.1 Å². The van der Waals surface area contributed by atoms with Crippen molar-refractivity contribution in [3.8, 4) is 5.75 Å². The number of hydrogen-bond acceptors (Lipinski definition) is 4. The predicted molar refractivity (Wildman–Crippen MR) is 83.8 cm³/mol. The van der Waals surface area contributed by atoms with Gasteiger partial charge >= 0.3 is 0 Å². The van der Waals surface area contributed by atoms with Gasteiger partial charge in [-0.25, -0.2) is 4.39 Å². The summed E-state index contributed by atoms with van der Waals surface area (Å²) in [6.45, 7) is 2.61. The van der Waals surface area contributed by atoms with E-state index in [1.165, 1.54) is 25.3 Å². The van der Waals surface area contributed by atoms with Crippen LogP contribution in [0.5, 0.6) is 5.75 Å². The van der Waals surface area contributed by atoms with Gasteiger partial charge in [-0.15, -0.1) is 0 Å². The fourth-order valence-electron chi connectivity index (χ4n) is 1.83. The standard InChI is InChI=1S/C15H22FNO4S/c1-11(15(18)17-7-4-8-20-2)22(19)10-12-9-13(16)5-6-14(12)21-3/h5-6,9,11H,4,7-8,10H2,1-3H3,(H,17,18). The summed E-state index contributed by atoms with van der Waals surface area (Å²) >= 11 is 0. The molecule has 0 heterocycles. The molecule has 7 heteroatoms. The first-order valence-electron chi connectivity index (χ1n) is 6.95. The van der Waals surface area contributed by atoms with Crippen LogP contribution >= 0.6 is 0 Å². The molecule has 5 nitrogen and oxygen atoms in total. The minimum absolute atomic E-state index is 0.0631. The normalized spacial score (nSPS) is 13.5. The molecule has 124 valence electrons. The van der Waals surface area contributed by atoms with Crippen LogP contribution in [0.3, 0.4) is 0 Å². The molecule has 2 atom stereocenters. The Morgan fingerprint density at radius 1 is 1.41 bits per heavy atom. The van der Waals surface area contributed by atoms with Crippen molar-refractivity contribution in [2.75, 3.05) is 27.4 Å². The van der Waals surface area contributed by atoms with Crippen molar-refractivity contribution in [2.24, 2.45) is 0 Å². The van der Waals surface area contributed by atoms with Crippen molar-refractivity contribution in [1.29, 1.82) is 0 Å². The van der Waals surface area contributed by atoms with Gasteiger partial charge < -0.3 is 14.8 Å². The minimum Gasteiger partial charge on any atom is -0.496 e. The summed E-state index contributed by atoms with van der Waals surface area (Å²) in [6, 6.07) is 4.04. The summed E-state index contributed by atoms with van der Waals surface area (Å²) < 4.78 is 35.6. The molecule has 1 aromatic rings. The molecule has 1 aromatic carbocycles. The van der Waals surface area contributed by atoms with Crippen molar-refractivity contribution in [3.63, 3.8) is 0 Å². The lowest BCUT2D eigenvalue weighted by molar-refractivity contribution is -0.120. The first kappa shape index (κ1) is 18.6. The third-order valence-electron chi connectivity index (χ3n) is 3.13. The minimum atomic E-state index is -1.46. The number of nitrogens with one attached hydrogen (secondary N) is 1. The molecular weight excluding hydrogens is 309 g/mol. The fraction of sp³-hybridized carbons (Fsp3) is 0.533. The van der Waals surface area contributed by atoms with E-state index in [-0.39, 0.29) is 11.7 Å². The van der Waals surface area contributed by atoms with Crippen LogP contribution in [-0.4, -0.2) is 42.7 Å². The number of benzene rings is 1. The average molecular weight is 331 g/mol. The van der Waals surface area contributed by atoms with Crippen LogP contribution in [0.15, 0.2) is 18.2 Å². The summed E-state index contributed by atoms with van der Waals surface area (Å²) in [5.74, 6) is -0.190. The van der Waals surface area contributed by atoms with Gasteiger partial charge in [-0.1, -0.05) is 0 Å². The zero-order valence-corrected chi connectivity index (χ0v) is 13.9. The molecule has 1 amide bonds. The molecule has 0 radical (unpaired) electrons. The molecule has 0 aliphatic rings. The summed E-state index contributed by atoms with van der Waals surface area (Å²) in [5.41, 5.74) is 0.486. The Morgan fingerprint density at radius 3 is 2.77 bits per heavy atom. The predicted octanol–water partition coefficient (Wildman–Crippen LogP) is 1.62. The molecule has 0 aromatic heterocycles. The van der Waals surface area contributed by atoms with Crippen molar-refractivity contribution in [2.45, 2.75) is 24.3 Å². The second-order valence-corrected chi connectivity index (χ2v) is 6.52. The highest BCUT2D eigenvalue weighted by atomic mass is 32.2. The summed E-state index contributed by atoms with van der Waals surface area (Å²) in [7, 11) is 1.59. The molecule has 1 N–H and O–H groups in total. The lowest BCUT2D eigenvalue weighted by Gasteiger charge is -2.13. The maximum absolute atomic E-state index is 13.3. The van der Waals surface area contributed by atoms with E-state index < -0.39 is 21.9 Å². The van der Waals surface area contributed by atoms with E-state index in [9.17, 15) is 13.4 Å². The van der Waals surface area contributed by atoms with Crippen LogP contribution in [0, 0.1) is 5.82 Å². The number of carbonyl (C=O) groups excluding carboxylic acids is 1. The van der Waals surface area contributed by atoms with Crippen LogP contribution in [0.1, 0.15) is 18.9 Å². The van der Waals surface area contributed by atoms with E-state index in [4.69, 9.17) is 9.47 Å². The van der Waals surface area contributed by atoms with Crippen molar-refractivity contribution < 1.29 is 22.9 Å². The number of amides is 1. The van der Waals surface area contributed by atoms with Gasteiger partial charge in [0.1, 0.15) is 16.8 Å². The fourth-order valence-corrected chi connectivity index (χ4v) is 2.93. The number of ether oxygens (including phenoxy) is 2. The first-order valence-corrected chi connectivity index (χ1v) is 8.34. The van der Waals surface area contributed by atoms with E-state index in [2.05, 4.69) is 5.32 Å². The summed E-state index contributed by atoms with van der Waals surface area (Å²) in [5, 5.41) is 2.02. The molecule has 0 saturated carbocycles. The van der Waals surface area contributed by atoms with Gasteiger partial charge in [0, 0.05) is 36.6 Å². The Labute approximate surface area is 132 Å². The lowest BCUT2D eigenvalue weighted by Crippen LogP contribution is -2.36. The Morgan fingerprint density at radius 2 is 2.14 bits per heavy atom. The SMILES string of the molecule is COCCCNC(=O)C(C)S(=O)Cc1cc(F)ccc1OC. The number of halogens is 1. The van der Waals surface area contributed by atoms with Crippen LogP contribution in [0.25, 0.3) is 0 Å². The van der Waals surface area contributed by atoms with Gasteiger partial charge in [0.05, 0.1) is 12.9 Å². The molecule has 0 saturated heterocycles. The van der Waals surface area contributed by atoms with E-state index >= 15 is 0 Å². The van der Waals surface area contributed by atoms with Gasteiger partial charge in [-0.3, -0.25) is 9.00 Å². The number of hydrogen-bond donors (Lipinski definition) is 1. The van der Waals surface area contributed by atoms with Gasteiger partial charge in [0.2, 0.25) is 5.91 Å². The lowest BCUT2D eigenvalue weighted by atomic mass is 10.2. The Hall–Kier alpha value is -1.47. The Bertz CT molecular complexity index is 524. The average Bonchev–Trinajstić information content (AvgIpc) is 2.50. The molecule has 0 aliphatic heterocycles. The maximum atomic E-state index is 13.3. The van der Waals surface area contributed by atoms with Crippen molar-refractivity contribution >= 4 is 16.7 Å². The molecule has 0 spiro atoms. The zero-order valence-electron chi connectivity index (χ0n) is 13.1. The number of carbonyl (C=O) groups is 1. The van der Waals surface area contributed by atoms with Crippen LogP contribution in [-0.2, 0) is 26.1 Å². The summed E-state index contributed by atoms with van der Waals surface area (Å²) in [6.07, 6.45) is 0.694. The largest absolute Gasteiger partial charge is 0.496 e.